The maximum Gasteiger partial charge on any atom is 0.333 e. The molecule has 0 aliphatic rings. The van der Waals surface area contributed by atoms with Crippen molar-refractivity contribution in [1.29, 1.82) is 0 Å². The van der Waals surface area contributed by atoms with Crippen LogP contribution in [-0.4, -0.2) is 57.6 Å². The number of allylic oxidation sites excluding steroid dienone is 19. The van der Waals surface area contributed by atoms with Gasteiger partial charge in [-0.05, 0) is 82.4 Å². The zero-order valence-corrected chi connectivity index (χ0v) is 40.2. The molecule has 8 nitrogen and oxygen atoms in total. The van der Waals surface area contributed by atoms with Gasteiger partial charge in [0.05, 0.1) is 21.3 Å². The van der Waals surface area contributed by atoms with E-state index >= 15 is 0 Å². The molecule has 0 fully saturated rings. The molecule has 0 atom stereocenters. The van der Waals surface area contributed by atoms with E-state index in [0.29, 0.717) is 27.9 Å². The van der Waals surface area contributed by atoms with Crippen molar-refractivity contribution >= 4 is 59.1 Å². The fourth-order valence-electron chi connectivity index (χ4n) is 5.31. The lowest BCUT2D eigenvalue weighted by Gasteiger charge is -2.28. The summed E-state index contributed by atoms with van der Waals surface area (Å²) in [5.41, 5.74) is 5.10. The highest BCUT2D eigenvalue weighted by Crippen LogP contribution is 2.43. The van der Waals surface area contributed by atoms with Crippen molar-refractivity contribution in [3.63, 3.8) is 0 Å². The van der Waals surface area contributed by atoms with Gasteiger partial charge in [-0.3, -0.25) is 9.59 Å². The van der Waals surface area contributed by atoms with Gasteiger partial charge in [-0.25, -0.2) is 14.4 Å². The first-order chi connectivity index (χ1) is 31.2. The molecular weight excluding hydrogens is 832 g/mol. The van der Waals surface area contributed by atoms with E-state index < -0.39 is 6.89 Å². The van der Waals surface area contributed by atoms with Crippen LogP contribution in [0.5, 0.6) is 0 Å². The van der Waals surface area contributed by atoms with Crippen molar-refractivity contribution in [3.8, 4) is 0 Å². The van der Waals surface area contributed by atoms with E-state index in [4.69, 9.17) is 4.74 Å². The average molecular weight is 895 g/mol. The van der Waals surface area contributed by atoms with Gasteiger partial charge in [-0.2, -0.15) is 0 Å². The Morgan fingerprint density at radius 1 is 0.385 bits per heavy atom. The molecule has 0 saturated carbocycles. The van der Waals surface area contributed by atoms with Crippen LogP contribution in [0.2, 0.25) is 0 Å². The summed E-state index contributed by atoms with van der Waals surface area (Å²) < 4.78 is 14.1. The van der Waals surface area contributed by atoms with E-state index in [9.17, 15) is 24.0 Å². The van der Waals surface area contributed by atoms with Gasteiger partial charge in [-0.15, -0.1) is 0 Å². The summed E-state index contributed by atoms with van der Waals surface area (Å²) in [4.78, 5) is 54.6. The van der Waals surface area contributed by atoms with Gasteiger partial charge in [0.2, 0.25) is 0 Å². The monoisotopic (exact) mass is 894 g/mol. The molecule has 0 spiro atoms. The lowest BCUT2D eigenvalue weighted by Crippen LogP contribution is -2.26. The smallest absolute Gasteiger partial charge is 0.333 e. The van der Waals surface area contributed by atoms with Crippen molar-refractivity contribution in [3.05, 3.63) is 221 Å². The Kier molecular flexibility index (Phi) is 27.9. The van der Waals surface area contributed by atoms with E-state index in [-0.39, 0.29) is 17.9 Å². The maximum atomic E-state index is 11.9. The number of carbonyl (C=O) groups is 5. The van der Waals surface area contributed by atoms with Gasteiger partial charge < -0.3 is 14.2 Å². The summed E-state index contributed by atoms with van der Waals surface area (Å²) in [6.45, 7) is 10.5. The van der Waals surface area contributed by atoms with Crippen molar-refractivity contribution in [2.75, 3.05) is 21.3 Å². The second-order valence-corrected chi connectivity index (χ2v) is 17.6. The normalized spacial score (nSPS) is 13.2. The molecule has 9 heteroatoms. The number of hydrogen-bond acceptors (Lipinski definition) is 8. The van der Waals surface area contributed by atoms with E-state index in [1.165, 1.54) is 37.2 Å². The van der Waals surface area contributed by atoms with Crippen molar-refractivity contribution in [2.24, 2.45) is 0 Å². The predicted octanol–water partition coefficient (Wildman–Crippen LogP) is 10.5. The topological polar surface area (TPSA) is 113 Å². The highest BCUT2D eigenvalue weighted by molar-refractivity contribution is 7.94. The maximum absolute atomic E-state index is 11.9. The Morgan fingerprint density at radius 2 is 0.662 bits per heavy atom. The highest BCUT2D eigenvalue weighted by Gasteiger charge is 2.24. The highest BCUT2D eigenvalue weighted by atomic mass is 31.2. The van der Waals surface area contributed by atoms with Gasteiger partial charge in [0.25, 0.3) is 0 Å². The zero-order chi connectivity index (χ0) is 48.5. The molecule has 0 aromatic heterocycles. The van der Waals surface area contributed by atoms with E-state index in [1.807, 2.05) is 86.7 Å². The lowest BCUT2D eigenvalue weighted by atomic mass is 10.2. The molecule has 340 valence electrons. The Labute approximate surface area is 386 Å². The average Bonchev–Trinajstić information content (AvgIpc) is 3.34. The number of benzene rings is 3. The fourth-order valence-corrected chi connectivity index (χ4v) is 9.10. The van der Waals surface area contributed by atoms with Crippen LogP contribution in [-0.2, 0) is 38.2 Å². The molecule has 0 bridgehead atoms. The first-order valence-corrected chi connectivity index (χ1v) is 22.5. The van der Waals surface area contributed by atoms with Crippen LogP contribution in [0.4, 0.5) is 0 Å². The van der Waals surface area contributed by atoms with Crippen LogP contribution in [0.15, 0.2) is 221 Å². The van der Waals surface area contributed by atoms with Crippen LogP contribution >= 0.6 is 6.89 Å². The Balaban J connectivity index is 0.000000524. The minimum absolute atomic E-state index is 0.307. The van der Waals surface area contributed by atoms with Crippen LogP contribution in [0.3, 0.4) is 0 Å². The Morgan fingerprint density at radius 3 is 0.938 bits per heavy atom. The van der Waals surface area contributed by atoms with E-state index in [2.05, 4.69) is 88.1 Å². The van der Waals surface area contributed by atoms with Gasteiger partial charge in [-0.1, -0.05) is 199 Å². The molecule has 3 aromatic carbocycles. The first kappa shape index (κ1) is 55.9. The van der Waals surface area contributed by atoms with Crippen LogP contribution in [0.1, 0.15) is 48.5 Å². The van der Waals surface area contributed by atoms with Crippen LogP contribution in [0, 0.1) is 0 Å². The van der Waals surface area contributed by atoms with Gasteiger partial charge >= 0.3 is 17.9 Å². The molecule has 0 amide bonds. The fraction of sp³-hybridized carbons (Fsp3) is 0.179. The number of ether oxygens (including phenoxy) is 3. The van der Waals surface area contributed by atoms with Gasteiger partial charge in [0, 0.05) is 16.7 Å². The van der Waals surface area contributed by atoms with Crippen LogP contribution < -0.4 is 15.9 Å². The number of esters is 3. The minimum Gasteiger partial charge on any atom is -0.466 e. The summed E-state index contributed by atoms with van der Waals surface area (Å²) in [6, 6.07) is 31.5. The molecule has 0 N–H and O–H groups in total. The molecule has 65 heavy (non-hydrogen) atoms. The molecule has 0 aliphatic heterocycles. The third kappa shape index (κ3) is 21.7. The molecule has 3 aromatic rings. The minimum atomic E-state index is -2.07. The number of methoxy groups -OCH3 is 3. The summed E-state index contributed by atoms with van der Waals surface area (Å²) >= 11 is 0. The second-order valence-electron chi connectivity index (χ2n) is 14.3. The molecule has 0 unspecified atom stereocenters. The largest absolute Gasteiger partial charge is 0.466 e. The number of aldehydes is 2. The Hall–Kier alpha value is -7.15. The van der Waals surface area contributed by atoms with Crippen molar-refractivity contribution in [2.45, 2.75) is 48.5 Å². The lowest BCUT2D eigenvalue weighted by molar-refractivity contribution is -0.136. The molecule has 0 saturated heterocycles. The molecule has 3 rings (SSSR count). The summed E-state index contributed by atoms with van der Waals surface area (Å²) in [7, 11) is 4.13. The molecule has 0 aliphatic carbocycles. The molecule has 0 radical (unpaired) electrons. The SMILES string of the molecule is COC(=O)/C(C)=C/C=C/C(C)=C/C=C/C=C(C)/C=C/C=C(\C)C(=O)OC.COC(=O)/C(C)=C/C=P(c1ccccc1)(c1ccccc1)c1ccccc1.C\C(C=O)=C/C=C/C=C(\C)C=O. The van der Waals surface area contributed by atoms with E-state index in [0.717, 1.165) is 23.7 Å². The van der Waals surface area contributed by atoms with E-state index in [1.54, 1.807) is 71.1 Å². The zero-order valence-electron chi connectivity index (χ0n) is 39.3. The second kappa shape index (κ2) is 32.5. The van der Waals surface area contributed by atoms with Crippen LogP contribution in [0.25, 0.3) is 0 Å². The third-order valence-corrected chi connectivity index (χ3v) is 12.9. The number of carbonyl (C=O) groups excluding carboxylic acids is 5. The summed E-state index contributed by atoms with van der Waals surface area (Å²) in [5, 5.41) is 3.74. The quantitative estimate of drug-likeness (QED) is 0.0329. The summed E-state index contributed by atoms with van der Waals surface area (Å²) in [5.74, 6) is 1.24. The van der Waals surface area contributed by atoms with Crippen molar-refractivity contribution < 1.29 is 38.2 Å². The third-order valence-electron chi connectivity index (χ3n) is 9.00. The van der Waals surface area contributed by atoms with Gasteiger partial charge in [0.1, 0.15) is 12.6 Å². The number of hydrogen-bond donors (Lipinski definition) is 0. The number of rotatable bonds is 17. The first-order valence-electron chi connectivity index (χ1n) is 20.7. The summed E-state index contributed by atoms with van der Waals surface area (Å²) in [6.07, 6.45) is 28.9. The Bertz CT molecular complexity index is 2230. The molecule has 0 heterocycles. The predicted molar refractivity (Wildman–Crippen MR) is 272 cm³/mol. The molecular formula is C56H63O8P. The standard InChI is InChI=1S/C24H23O2P.C22H28O4.C10H12O2/c1-20(24(25)26-2)18-19-27(21-12-6-3-7-13-21,22-14-8-4-9-15-22)23-16-10-5-11-17-23;1-17(13-9-15-19(3)21(23)25-5)11-7-8-12-18(2)14-10-16-20(4)22(24)26-6;1-9(7-11)5-3-4-6-10(2)8-12/h3-19H,1-2H3;7-16H,1-6H3;3-8H,1-2H3/b20-18+;8-7+,13-9+,14-10+,17-11+,18-12+,19-15+,20-16+;4-3+,9-5+,10-6+. The van der Waals surface area contributed by atoms with Gasteiger partial charge in [0.15, 0.2) is 0 Å². The van der Waals surface area contributed by atoms with Crippen molar-refractivity contribution in [1.82, 2.24) is 0 Å².